The zero-order valence-corrected chi connectivity index (χ0v) is 22.7. The van der Waals surface area contributed by atoms with Crippen LogP contribution in [0.5, 0.6) is 5.75 Å². The van der Waals surface area contributed by atoms with Crippen molar-refractivity contribution in [3.05, 3.63) is 75.5 Å². The zero-order valence-electron chi connectivity index (χ0n) is 21.0. The Bertz CT molecular complexity index is 1410. The summed E-state index contributed by atoms with van der Waals surface area (Å²) in [6.45, 7) is 2.78. The fourth-order valence-corrected chi connectivity index (χ4v) is 5.62. The fraction of sp³-hybridized carbons (Fsp3) is 0.375. The molecule has 0 radical (unpaired) electrons. The van der Waals surface area contributed by atoms with Gasteiger partial charge in [0.05, 0.1) is 6.10 Å². The molecule has 0 aliphatic carbocycles. The maximum atomic E-state index is 12.4. The lowest BCUT2D eigenvalue weighted by molar-refractivity contribution is -0.149. The number of aromatic amines is 1. The van der Waals surface area contributed by atoms with E-state index < -0.39 is 47.8 Å². The van der Waals surface area contributed by atoms with Crippen molar-refractivity contribution in [3.63, 3.8) is 0 Å². The largest absolute Gasteiger partial charge is 0.464 e. The molecule has 0 spiro atoms. The molecule has 1 aliphatic heterocycles. The Kier molecular flexibility index (Phi) is 9.19. The van der Waals surface area contributed by atoms with Gasteiger partial charge >= 0.3 is 18.3 Å². The molecule has 5 atom stereocenters. The summed E-state index contributed by atoms with van der Waals surface area (Å²) in [6, 6.07) is 8.57. The molecule has 14 heteroatoms. The molecule has 0 saturated carbocycles. The maximum Gasteiger partial charge on any atom is 0.365 e. The first kappa shape index (κ1) is 29.2. The summed E-state index contributed by atoms with van der Waals surface area (Å²) >= 11 is 5.61. The molecular formula is C24H28N3O9PS. The van der Waals surface area contributed by atoms with Crippen molar-refractivity contribution in [1.29, 1.82) is 0 Å². The van der Waals surface area contributed by atoms with E-state index in [0.29, 0.717) is 5.75 Å². The summed E-state index contributed by atoms with van der Waals surface area (Å²) in [5, 5.41) is 24.9. The van der Waals surface area contributed by atoms with E-state index in [-0.39, 0.29) is 11.9 Å². The summed E-state index contributed by atoms with van der Waals surface area (Å²) < 4.78 is 23.4. The summed E-state index contributed by atoms with van der Waals surface area (Å²) in [4.78, 5) is 38.3. The average Bonchev–Trinajstić information content (AvgIpc) is 3.08. The lowest BCUT2D eigenvalue weighted by Crippen LogP contribution is -2.46. The Balaban J connectivity index is 1.95. The molecule has 1 fully saturated rings. The van der Waals surface area contributed by atoms with Crippen LogP contribution in [0.2, 0.25) is 0 Å². The van der Waals surface area contributed by atoms with E-state index in [1.165, 1.54) is 13.8 Å². The van der Waals surface area contributed by atoms with Gasteiger partial charge in [-0.15, -0.1) is 5.92 Å². The Labute approximate surface area is 223 Å². The van der Waals surface area contributed by atoms with Crippen LogP contribution in [-0.4, -0.2) is 49.6 Å². The summed E-state index contributed by atoms with van der Waals surface area (Å²) in [7, 11) is 0. The van der Waals surface area contributed by atoms with Crippen LogP contribution in [-0.2, 0) is 30.6 Å². The SMILES string of the molecule is CC#CC1(O)C(O)C(=COP(=S)(NC(C)C(=O)OC(C)C)Oc2ccccc2)OC1n1ccc(=O)[nH]c1=O. The molecule has 1 aliphatic rings. The second-order valence-corrected chi connectivity index (χ2v) is 11.5. The topological polar surface area (TPSA) is 161 Å². The second-order valence-electron chi connectivity index (χ2n) is 8.45. The van der Waals surface area contributed by atoms with Crippen molar-refractivity contribution in [2.75, 3.05) is 0 Å². The van der Waals surface area contributed by atoms with Crippen molar-refractivity contribution < 1.29 is 33.5 Å². The molecule has 4 N–H and O–H groups in total. The molecule has 5 unspecified atom stereocenters. The molecule has 1 saturated heterocycles. The summed E-state index contributed by atoms with van der Waals surface area (Å²) in [5.41, 5.74) is -3.86. The Morgan fingerprint density at radius 3 is 2.58 bits per heavy atom. The molecule has 12 nitrogen and oxygen atoms in total. The van der Waals surface area contributed by atoms with Crippen LogP contribution >= 0.6 is 6.64 Å². The van der Waals surface area contributed by atoms with Crippen molar-refractivity contribution in [1.82, 2.24) is 14.6 Å². The van der Waals surface area contributed by atoms with Crippen molar-refractivity contribution in [2.24, 2.45) is 0 Å². The first-order valence-corrected chi connectivity index (χ1v) is 14.1. The van der Waals surface area contributed by atoms with Gasteiger partial charge in [-0.2, -0.15) is 0 Å². The van der Waals surface area contributed by atoms with E-state index in [4.69, 9.17) is 30.3 Å². The number of esters is 1. The number of carbonyl (C=O) groups is 1. The van der Waals surface area contributed by atoms with E-state index >= 15 is 0 Å². The zero-order chi connectivity index (χ0) is 28.1. The smallest absolute Gasteiger partial charge is 0.365 e. The van der Waals surface area contributed by atoms with Gasteiger partial charge in [-0.1, -0.05) is 24.1 Å². The van der Waals surface area contributed by atoms with E-state index in [2.05, 4.69) is 16.9 Å². The van der Waals surface area contributed by atoms with Crippen LogP contribution in [0.15, 0.2) is 64.2 Å². The highest BCUT2D eigenvalue weighted by Gasteiger charge is 2.55. The van der Waals surface area contributed by atoms with Crippen LogP contribution in [0.4, 0.5) is 0 Å². The molecule has 0 bridgehead atoms. The molecular weight excluding hydrogens is 537 g/mol. The van der Waals surface area contributed by atoms with E-state index in [9.17, 15) is 24.6 Å². The first-order chi connectivity index (χ1) is 17.9. The number of benzene rings is 1. The van der Waals surface area contributed by atoms with Crippen molar-refractivity contribution in [2.45, 2.75) is 57.8 Å². The van der Waals surface area contributed by atoms with Crippen molar-refractivity contribution in [3.8, 4) is 17.6 Å². The van der Waals surface area contributed by atoms with Gasteiger partial charge in [-0.05, 0) is 39.8 Å². The Morgan fingerprint density at radius 1 is 1.29 bits per heavy atom. The number of carbonyl (C=O) groups excluding carboxylic acids is 1. The van der Waals surface area contributed by atoms with Gasteiger partial charge in [-0.3, -0.25) is 19.1 Å². The molecule has 2 aromatic rings. The number of aliphatic hydroxyl groups is 2. The number of nitrogens with one attached hydrogen (secondary N) is 2. The van der Waals surface area contributed by atoms with Crippen LogP contribution < -0.4 is 20.9 Å². The minimum atomic E-state index is -3.56. The third kappa shape index (κ3) is 6.72. The van der Waals surface area contributed by atoms with E-state index in [0.717, 1.165) is 23.1 Å². The normalized spacial score (nSPS) is 24.0. The second kappa shape index (κ2) is 12.0. The maximum absolute atomic E-state index is 12.4. The molecule has 204 valence electrons. The highest BCUT2D eigenvalue weighted by atomic mass is 32.5. The van der Waals surface area contributed by atoms with E-state index in [1.807, 2.05) is 4.98 Å². The van der Waals surface area contributed by atoms with Crippen molar-refractivity contribution >= 4 is 24.4 Å². The van der Waals surface area contributed by atoms with Gasteiger partial charge in [0, 0.05) is 24.1 Å². The number of aromatic nitrogens is 2. The predicted octanol–water partition coefficient (Wildman–Crippen LogP) is 1.27. The quantitative estimate of drug-likeness (QED) is 0.150. The van der Waals surface area contributed by atoms with Gasteiger partial charge in [-0.25, -0.2) is 9.88 Å². The van der Waals surface area contributed by atoms with Gasteiger partial charge in [0.25, 0.3) is 5.56 Å². The van der Waals surface area contributed by atoms with Crippen LogP contribution in [0.25, 0.3) is 0 Å². The Hall–Kier alpha value is -3.40. The minimum absolute atomic E-state index is 0.330. The van der Waals surface area contributed by atoms with Gasteiger partial charge < -0.3 is 28.7 Å². The summed E-state index contributed by atoms with van der Waals surface area (Å²) in [5.74, 6) is 4.36. The lowest BCUT2D eigenvalue weighted by Gasteiger charge is -2.26. The fourth-order valence-electron chi connectivity index (χ4n) is 3.38. The predicted molar refractivity (Wildman–Crippen MR) is 140 cm³/mol. The van der Waals surface area contributed by atoms with Gasteiger partial charge in [0.15, 0.2) is 11.9 Å². The number of rotatable bonds is 9. The molecule has 3 rings (SSSR count). The monoisotopic (exact) mass is 565 g/mol. The average molecular weight is 566 g/mol. The van der Waals surface area contributed by atoms with Gasteiger partial charge in [0.2, 0.25) is 11.8 Å². The summed E-state index contributed by atoms with van der Waals surface area (Å²) in [6.07, 6.45) is -1.68. The third-order valence-corrected chi connectivity index (χ3v) is 7.41. The number of para-hydroxylation sites is 1. The number of ether oxygens (including phenoxy) is 2. The number of nitrogens with zero attached hydrogens (tertiary/aromatic N) is 1. The van der Waals surface area contributed by atoms with Gasteiger partial charge in [0.1, 0.15) is 18.1 Å². The third-order valence-electron chi connectivity index (χ3n) is 5.07. The lowest BCUT2D eigenvalue weighted by atomic mass is 9.96. The highest BCUT2D eigenvalue weighted by molar-refractivity contribution is 8.09. The number of aliphatic hydroxyl groups excluding tert-OH is 1. The highest BCUT2D eigenvalue weighted by Crippen LogP contribution is 2.47. The number of H-pyrrole nitrogens is 1. The molecule has 1 aromatic heterocycles. The number of hydrogen-bond acceptors (Lipinski definition) is 10. The van der Waals surface area contributed by atoms with Crippen LogP contribution in [0.1, 0.15) is 33.9 Å². The molecule has 1 aromatic carbocycles. The standard InChI is InChI=1S/C24H28N3O9PS/c1-5-12-24(32)20(29)18(35-22(24)27-13-11-19(28)25-23(27)31)14-33-37(38,36-17-9-7-6-8-10-17)26-16(4)21(30)34-15(2)3/h6-11,13-16,20,22,29,32H,1-4H3,(H,26,38)(H,25,28,31). The van der Waals surface area contributed by atoms with E-state index in [1.54, 1.807) is 44.2 Å². The minimum Gasteiger partial charge on any atom is -0.464 e. The molecule has 0 amide bonds. The molecule has 38 heavy (non-hydrogen) atoms. The van der Waals surface area contributed by atoms with Crippen LogP contribution in [0.3, 0.4) is 0 Å². The molecule has 2 heterocycles. The van der Waals surface area contributed by atoms with Crippen LogP contribution in [0, 0.1) is 11.8 Å². The first-order valence-electron chi connectivity index (χ1n) is 11.4. The Morgan fingerprint density at radius 2 is 1.97 bits per heavy atom. The number of hydrogen-bond donors (Lipinski definition) is 4.